The fourth-order valence-electron chi connectivity index (χ4n) is 3.67. The highest BCUT2D eigenvalue weighted by atomic mass is 35.5. The number of benzene rings is 1. The molecule has 2 heterocycles. The van der Waals surface area contributed by atoms with Crippen molar-refractivity contribution in [3.05, 3.63) is 39.1 Å². The summed E-state index contributed by atoms with van der Waals surface area (Å²) in [5.41, 5.74) is -0.302. The molecule has 1 amide bonds. The molecule has 0 bridgehead atoms. The number of nitrogens with zero attached hydrogens (tertiary/aromatic N) is 1. The molecule has 3 rings (SSSR count). The second-order valence-corrected chi connectivity index (χ2v) is 7.61. The molecule has 1 saturated heterocycles. The van der Waals surface area contributed by atoms with Crippen molar-refractivity contribution in [2.75, 3.05) is 6.54 Å². The van der Waals surface area contributed by atoms with E-state index in [9.17, 15) is 23.1 Å². The van der Waals surface area contributed by atoms with Crippen molar-refractivity contribution in [2.24, 2.45) is 5.92 Å². The number of piperidine rings is 1. The predicted octanol–water partition coefficient (Wildman–Crippen LogP) is 5.14. The lowest BCUT2D eigenvalue weighted by Crippen LogP contribution is -2.54. The second-order valence-electron chi connectivity index (χ2n) is 6.77. The Morgan fingerprint density at radius 3 is 2.52 bits per heavy atom. The summed E-state index contributed by atoms with van der Waals surface area (Å²) in [7, 11) is 0. The lowest BCUT2D eigenvalue weighted by atomic mass is 9.83. The first-order chi connectivity index (χ1) is 11.5. The Morgan fingerprint density at radius 1 is 1.32 bits per heavy atom. The van der Waals surface area contributed by atoms with E-state index in [0.717, 1.165) is 4.90 Å². The fraction of sp³-hybridized carbons (Fsp3) is 0.471. The van der Waals surface area contributed by atoms with Crippen molar-refractivity contribution in [1.82, 2.24) is 4.90 Å². The van der Waals surface area contributed by atoms with E-state index in [2.05, 4.69) is 0 Å². The summed E-state index contributed by atoms with van der Waals surface area (Å²) in [5, 5.41) is 11.3. The van der Waals surface area contributed by atoms with E-state index in [1.165, 1.54) is 6.07 Å². The number of aliphatic hydroxyl groups is 1. The minimum atomic E-state index is -4.38. The first kappa shape index (κ1) is 18.4. The molecule has 0 radical (unpaired) electrons. The molecule has 0 spiro atoms. The highest BCUT2D eigenvalue weighted by molar-refractivity contribution is 6.38. The van der Waals surface area contributed by atoms with E-state index in [0.29, 0.717) is 16.1 Å². The maximum Gasteiger partial charge on any atom is 0.393 e. The number of hydrogen-bond donors (Lipinski definition) is 1. The van der Waals surface area contributed by atoms with Gasteiger partial charge in [-0.1, -0.05) is 23.2 Å². The molecule has 1 aromatic rings. The molecule has 2 unspecified atom stereocenters. The van der Waals surface area contributed by atoms with Crippen LogP contribution in [0, 0.1) is 12.8 Å². The summed E-state index contributed by atoms with van der Waals surface area (Å²) in [6, 6.07) is 3.03. The molecule has 136 valence electrons. The fourth-order valence-corrected chi connectivity index (χ4v) is 4.36. The van der Waals surface area contributed by atoms with Gasteiger partial charge in [0.05, 0.1) is 22.1 Å². The molecule has 1 N–H and O–H groups in total. The van der Waals surface area contributed by atoms with Crippen LogP contribution in [-0.4, -0.2) is 34.2 Å². The summed E-state index contributed by atoms with van der Waals surface area (Å²) in [4.78, 5) is 14.0. The van der Waals surface area contributed by atoms with Gasteiger partial charge in [-0.15, -0.1) is 0 Å². The van der Waals surface area contributed by atoms with Gasteiger partial charge in [0.2, 0.25) is 0 Å². The number of aliphatic hydroxyl groups excluding tert-OH is 1. The Balaban J connectivity index is 2.08. The van der Waals surface area contributed by atoms with Gasteiger partial charge in [-0.05, 0) is 44.4 Å². The number of aryl methyl sites for hydroxylation is 1. The topological polar surface area (TPSA) is 40.5 Å². The third-order valence-corrected chi connectivity index (χ3v) is 5.67. The van der Waals surface area contributed by atoms with Crippen molar-refractivity contribution in [1.29, 1.82) is 0 Å². The zero-order valence-corrected chi connectivity index (χ0v) is 15.1. The summed E-state index contributed by atoms with van der Waals surface area (Å²) in [6.45, 7) is 2.79. The highest BCUT2D eigenvalue weighted by Crippen LogP contribution is 2.49. The molecule has 2 atom stereocenters. The summed E-state index contributed by atoms with van der Waals surface area (Å²) >= 11 is 12.1. The zero-order valence-electron chi connectivity index (χ0n) is 13.5. The van der Waals surface area contributed by atoms with Gasteiger partial charge < -0.3 is 10.0 Å². The van der Waals surface area contributed by atoms with Crippen molar-refractivity contribution < 1.29 is 23.1 Å². The van der Waals surface area contributed by atoms with Crippen LogP contribution >= 0.6 is 23.2 Å². The van der Waals surface area contributed by atoms with Crippen LogP contribution in [-0.2, 0) is 4.79 Å². The third-order valence-electron chi connectivity index (χ3n) is 5.15. The van der Waals surface area contributed by atoms with Crippen molar-refractivity contribution in [3.8, 4) is 0 Å². The average Bonchev–Trinajstić information content (AvgIpc) is 2.66. The maximum absolute atomic E-state index is 13.1. The minimum absolute atomic E-state index is 0.0303. The number of hydrogen-bond acceptors (Lipinski definition) is 2. The van der Waals surface area contributed by atoms with Gasteiger partial charge in [0.1, 0.15) is 5.76 Å². The number of halogens is 5. The zero-order chi connectivity index (χ0) is 18.7. The molecule has 1 aromatic carbocycles. The van der Waals surface area contributed by atoms with Crippen LogP contribution in [0.2, 0.25) is 10.0 Å². The molecule has 8 heteroatoms. The molecule has 3 nitrogen and oxygen atoms in total. The Kier molecular flexibility index (Phi) is 4.27. The van der Waals surface area contributed by atoms with Gasteiger partial charge in [0, 0.05) is 17.1 Å². The van der Waals surface area contributed by atoms with Crippen LogP contribution in [0.1, 0.15) is 30.9 Å². The van der Waals surface area contributed by atoms with E-state index < -0.39 is 30.1 Å². The molecule has 25 heavy (non-hydrogen) atoms. The number of fused-ring (bicyclic) bond motifs is 1. The van der Waals surface area contributed by atoms with Gasteiger partial charge in [-0.2, -0.15) is 13.2 Å². The van der Waals surface area contributed by atoms with Crippen molar-refractivity contribution >= 4 is 34.7 Å². The molecule has 0 aromatic heterocycles. The van der Waals surface area contributed by atoms with E-state index in [1.54, 1.807) is 19.9 Å². The highest BCUT2D eigenvalue weighted by Gasteiger charge is 2.56. The Morgan fingerprint density at radius 2 is 1.96 bits per heavy atom. The van der Waals surface area contributed by atoms with Gasteiger partial charge >= 0.3 is 6.18 Å². The van der Waals surface area contributed by atoms with E-state index >= 15 is 0 Å². The van der Waals surface area contributed by atoms with Gasteiger partial charge in [-0.25, -0.2) is 0 Å². The summed E-state index contributed by atoms with van der Waals surface area (Å²) < 4.78 is 39.3. The summed E-state index contributed by atoms with van der Waals surface area (Å²) in [6.07, 6.45) is -4.50. The van der Waals surface area contributed by atoms with E-state index in [1.807, 2.05) is 0 Å². The van der Waals surface area contributed by atoms with Crippen LogP contribution < -0.4 is 0 Å². The quantitative estimate of drug-likeness (QED) is 0.716. The summed E-state index contributed by atoms with van der Waals surface area (Å²) in [5.74, 6) is -2.47. The predicted molar refractivity (Wildman–Crippen MR) is 89.6 cm³/mol. The lowest BCUT2D eigenvalue weighted by Gasteiger charge is -2.43. The first-order valence-corrected chi connectivity index (χ1v) is 8.51. The van der Waals surface area contributed by atoms with Crippen LogP contribution in [0.15, 0.2) is 17.9 Å². The number of rotatable bonds is 1. The Bertz CT molecular complexity index is 768. The number of carbonyl (C=O) groups excluding carboxylic acids is 1. The largest absolute Gasteiger partial charge is 0.509 e. The van der Waals surface area contributed by atoms with Crippen LogP contribution in [0.3, 0.4) is 0 Å². The third kappa shape index (κ3) is 2.79. The number of amides is 1. The van der Waals surface area contributed by atoms with Crippen molar-refractivity contribution in [3.63, 3.8) is 0 Å². The molecule has 2 aliphatic rings. The standard InChI is InChI=1S/C17H16Cl2F3NO2/c1-8-5-10(18)6-11(19)12(8)13-14(24)16(2)4-3-9(17(20,21)22)7-23(16)15(13)25/h5-6,9,24H,3-4,7H2,1-2H3. The lowest BCUT2D eigenvalue weighted by molar-refractivity contribution is -0.194. The van der Waals surface area contributed by atoms with Gasteiger partial charge in [0.25, 0.3) is 5.91 Å². The van der Waals surface area contributed by atoms with Crippen LogP contribution in [0.4, 0.5) is 13.2 Å². The van der Waals surface area contributed by atoms with Crippen LogP contribution in [0.5, 0.6) is 0 Å². The van der Waals surface area contributed by atoms with Gasteiger partial charge in [0.15, 0.2) is 0 Å². The monoisotopic (exact) mass is 393 g/mol. The molecule has 0 aliphatic carbocycles. The van der Waals surface area contributed by atoms with Gasteiger partial charge in [-0.3, -0.25) is 4.79 Å². The second kappa shape index (κ2) is 5.81. The molecule has 2 aliphatic heterocycles. The SMILES string of the molecule is Cc1cc(Cl)cc(Cl)c1C1=C(O)C2(C)CCC(C(F)(F)F)CN2C1=O. The Labute approximate surface area is 153 Å². The minimum Gasteiger partial charge on any atom is -0.509 e. The molecular weight excluding hydrogens is 378 g/mol. The van der Waals surface area contributed by atoms with E-state index in [-0.39, 0.29) is 29.2 Å². The Hall–Kier alpha value is -1.40. The number of carbonyl (C=O) groups is 1. The molecule has 1 fully saturated rings. The maximum atomic E-state index is 13.1. The first-order valence-electron chi connectivity index (χ1n) is 7.75. The van der Waals surface area contributed by atoms with E-state index in [4.69, 9.17) is 23.2 Å². The molecular formula is C17H16Cl2F3NO2. The van der Waals surface area contributed by atoms with Crippen LogP contribution in [0.25, 0.3) is 5.57 Å². The number of alkyl halides is 3. The smallest absolute Gasteiger partial charge is 0.393 e. The van der Waals surface area contributed by atoms with Crippen molar-refractivity contribution in [2.45, 2.75) is 38.4 Å². The normalized spacial score (nSPS) is 27.1. The average molecular weight is 394 g/mol. The molecule has 0 saturated carbocycles.